The molecular weight excluding hydrogens is 499 g/mol. The minimum absolute atomic E-state index is 0.124. The summed E-state index contributed by atoms with van der Waals surface area (Å²) in [5, 5.41) is 18.2. The summed E-state index contributed by atoms with van der Waals surface area (Å²) in [6.45, 7) is 5.98. The lowest BCUT2D eigenvalue weighted by molar-refractivity contribution is -0.0448. The summed E-state index contributed by atoms with van der Waals surface area (Å²) < 4.78 is 32.9. The van der Waals surface area contributed by atoms with Crippen LogP contribution in [0.2, 0.25) is 5.82 Å². The van der Waals surface area contributed by atoms with E-state index in [1.54, 1.807) is 20.0 Å². The molecule has 2 aliphatic rings. The molecule has 0 radical (unpaired) electrons. The lowest BCUT2D eigenvalue weighted by Gasteiger charge is -2.20. The molecule has 0 spiro atoms. The van der Waals surface area contributed by atoms with Gasteiger partial charge in [-0.1, -0.05) is 15.9 Å². The van der Waals surface area contributed by atoms with Crippen LogP contribution in [-0.4, -0.2) is 63.8 Å². The van der Waals surface area contributed by atoms with Gasteiger partial charge in [-0.15, -0.1) is 0 Å². The smallest absolute Gasteiger partial charge is 0.464 e. The second kappa shape index (κ2) is 13.4. The van der Waals surface area contributed by atoms with E-state index in [0.29, 0.717) is 49.4 Å². The predicted octanol–water partition coefficient (Wildman–Crippen LogP) is 2.95. The van der Waals surface area contributed by atoms with Gasteiger partial charge in [0.2, 0.25) is 0 Å². The van der Waals surface area contributed by atoms with Gasteiger partial charge in [-0.2, -0.15) is 0 Å². The maximum Gasteiger partial charge on any atom is 0.464 e. The quantitative estimate of drug-likeness (QED) is 0.390. The number of hydrogen-bond donors (Lipinski definition) is 2. The SMILES string of the molecule is CCOC1=CC(=C=O)C(B(O)O)C=C1OC.CCOc1cc(C2OCCO2)c(Br)cc1OC. The first kappa shape index (κ1) is 27.0. The Morgan fingerprint density at radius 2 is 1.73 bits per heavy atom. The van der Waals surface area contributed by atoms with Crippen molar-refractivity contribution in [3.63, 3.8) is 0 Å². The van der Waals surface area contributed by atoms with Crippen LogP contribution >= 0.6 is 15.9 Å². The van der Waals surface area contributed by atoms with E-state index in [1.165, 1.54) is 19.3 Å². The molecule has 1 unspecified atom stereocenters. The van der Waals surface area contributed by atoms with Crippen LogP contribution in [0.25, 0.3) is 0 Å². The van der Waals surface area contributed by atoms with Gasteiger partial charge in [-0.05, 0) is 38.1 Å². The van der Waals surface area contributed by atoms with Gasteiger partial charge in [-0.3, -0.25) is 0 Å². The second-order valence-corrected chi connectivity index (χ2v) is 7.56. The van der Waals surface area contributed by atoms with Gasteiger partial charge >= 0.3 is 7.12 Å². The molecule has 1 saturated heterocycles. The van der Waals surface area contributed by atoms with Crippen LogP contribution in [-0.2, 0) is 23.7 Å². The zero-order valence-electron chi connectivity index (χ0n) is 19.0. The molecule has 3 rings (SSSR count). The van der Waals surface area contributed by atoms with Crippen LogP contribution in [0, 0.1) is 0 Å². The predicted molar refractivity (Wildman–Crippen MR) is 124 cm³/mol. The third kappa shape index (κ3) is 7.11. The van der Waals surface area contributed by atoms with Gasteiger partial charge in [0.25, 0.3) is 0 Å². The largest absolute Gasteiger partial charge is 0.493 e. The second-order valence-electron chi connectivity index (χ2n) is 6.70. The van der Waals surface area contributed by atoms with E-state index < -0.39 is 12.9 Å². The van der Waals surface area contributed by atoms with Crippen molar-refractivity contribution < 1.29 is 43.3 Å². The van der Waals surface area contributed by atoms with Crippen molar-refractivity contribution in [1.82, 2.24) is 0 Å². The number of carbonyl (C=O) groups excluding carboxylic acids is 1. The summed E-state index contributed by atoms with van der Waals surface area (Å²) >= 11 is 3.49. The Balaban J connectivity index is 0.000000234. The van der Waals surface area contributed by atoms with Gasteiger partial charge < -0.3 is 38.5 Å². The van der Waals surface area contributed by atoms with Crippen LogP contribution in [0.1, 0.15) is 25.7 Å². The van der Waals surface area contributed by atoms with E-state index in [-0.39, 0.29) is 11.9 Å². The molecule has 2 N–H and O–H groups in total. The molecule has 0 saturated carbocycles. The molecule has 11 heteroatoms. The molecule has 180 valence electrons. The van der Waals surface area contributed by atoms with Crippen molar-refractivity contribution in [2.75, 3.05) is 40.6 Å². The molecule has 0 amide bonds. The first-order chi connectivity index (χ1) is 15.9. The number of halogens is 1. The van der Waals surface area contributed by atoms with E-state index in [4.69, 9.17) is 38.5 Å². The lowest BCUT2D eigenvalue weighted by atomic mass is 9.67. The van der Waals surface area contributed by atoms with Gasteiger partial charge in [0.05, 0.1) is 46.5 Å². The Kier molecular flexibility index (Phi) is 11.0. The van der Waals surface area contributed by atoms with Gasteiger partial charge in [0.1, 0.15) is 5.94 Å². The summed E-state index contributed by atoms with van der Waals surface area (Å²) in [6.07, 6.45) is 2.50. The average molecular weight is 527 g/mol. The fourth-order valence-electron chi connectivity index (χ4n) is 3.12. The third-order valence-corrected chi connectivity index (χ3v) is 5.32. The molecule has 1 fully saturated rings. The Morgan fingerprint density at radius 3 is 2.24 bits per heavy atom. The van der Waals surface area contributed by atoms with Crippen molar-refractivity contribution in [2.45, 2.75) is 26.0 Å². The van der Waals surface area contributed by atoms with E-state index >= 15 is 0 Å². The summed E-state index contributed by atoms with van der Waals surface area (Å²) in [6, 6.07) is 3.76. The van der Waals surface area contributed by atoms with Crippen LogP contribution in [0.4, 0.5) is 0 Å². The molecule has 0 aromatic heterocycles. The number of ether oxygens (including phenoxy) is 6. The summed E-state index contributed by atoms with van der Waals surface area (Å²) in [4.78, 5) is 10.7. The monoisotopic (exact) mass is 526 g/mol. The highest BCUT2D eigenvalue weighted by Gasteiger charge is 2.31. The number of hydrogen-bond acceptors (Lipinski definition) is 9. The Morgan fingerprint density at radius 1 is 1.06 bits per heavy atom. The zero-order chi connectivity index (χ0) is 24.4. The lowest BCUT2D eigenvalue weighted by Crippen LogP contribution is -2.23. The van der Waals surface area contributed by atoms with Crippen LogP contribution < -0.4 is 9.47 Å². The molecule has 0 bridgehead atoms. The number of rotatable bonds is 8. The molecule has 33 heavy (non-hydrogen) atoms. The van der Waals surface area contributed by atoms with Crippen LogP contribution in [0.3, 0.4) is 0 Å². The summed E-state index contributed by atoms with van der Waals surface area (Å²) in [5.74, 6) is 2.98. The van der Waals surface area contributed by atoms with Crippen LogP contribution in [0.15, 0.2) is 45.8 Å². The van der Waals surface area contributed by atoms with Gasteiger partial charge in [0, 0.05) is 15.6 Å². The van der Waals surface area contributed by atoms with Crippen molar-refractivity contribution in [3.8, 4) is 11.5 Å². The Labute approximate surface area is 201 Å². The fraction of sp³-hybridized carbons (Fsp3) is 0.455. The molecule has 1 heterocycles. The van der Waals surface area contributed by atoms with E-state index in [1.807, 2.05) is 19.1 Å². The van der Waals surface area contributed by atoms with Crippen LogP contribution in [0.5, 0.6) is 11.5 Å². The van der Waals surface area contributed by atoms with E-state index in [9.17, 15) is 4.79 Å². The van der Waals surface area contributed by atoms with Crippen molar-refractivity contribution in [1.29, 1.82) is 0 Å². The maximum absolute atomic E-state index is 10.7. The van der Waals surface area contributed by atoms with E-state index in [0.717, 1.165) is 10.0 Å². The highest BCUT2D eigenvalue weighted by molar-refractivity contribution is 9.10. The van der Waals surface area contributed by atoms with Crippen molar-refractivity contribution in [2.24, 2.45) is 0 Å². The number of methoxy groups -OCH3 is 2. The molecule has 9 nitrogen and oxygen atoms in total. The number of benzene rings is 1. The average Bonchev–Trinajstić information content (AvgIpc) is 3.35. The zero-order valence-corrected chi connectivity index (χ0v) is 20.6. The summed E-state index contributed by atoms with van der Waals surface area (Å²) in [7, 11) is 1.39. The molecular formula is C22H28BBrO9. The Bertz CT molecular complexity index is 903. The van der Waals surface area contributed by atoms with Crippen molar-refractivity contribution >= 4 is 29.0 Å². The standard InChI is InChI=1S/C12H15BrO4.C10H13BO5/c1-3-15-11-6-8(12-16-4-5-17-12)9(13)7-10(11)14-2;1-3-16-10-4-7(6-12)8(11(13)14)5-9(10)15-2/h6-7,12H,3-5H2,1-2H3;4-5,8,13-14H,3H2,1-2H3. The molecule has 1 atom stereocenters. The van der Waals surface area contributed by atoms with Gasteiger partial charge in [-0.25, -0.2) is 4.79 Å². The normalized spacial score (nSPS) is 17.8. The van der Waals surface area contributed by atoms with Gasteiger partial charge in [0.15, 0.2) is 29.3 Å². The number of allylic oxidation sites excluding steroid dienone is 3. The molecule has 1 aliphatic heterocycles. The Hall–Kier alpha value is -2.27. The maximum atomic E-state index is 10.7. The topological polar surface area (TPSA) is 113 Å². The minimum Gasteiger partial charge on any atom is -0.493 e. The third-order valence-electron chi connectivity index (χ3n) is 4.64. The first-order valence-corrected chi connectivity index (χ1v) is 11.1. The molecule has 1 aromatic carbocycles. The molecule has 1 aliphatic carbocycles. The van der Waals surface area contributed by atoms with Crippen molar-refractivity contribution in [3.05, 3.63) is 51.4 Å². The highest BCUT2D eigenvalue weighted by Crippen LogP contribution is 2.38. The fourth-order valence-corrected chi connectivity index (χ4v) is 3.63. The summed E-state index contributed by atoms with van der Waals surface area (Å²) in [5.41, 5.74) is 1.05. The first-order valence-electron chi connectivity index (χ1n) is 10.3. The minimum atomic E-state index is -1.67. The molecule has 1 aromatic rings. The van der Waals surface area contributed by atoms with E-state index in [2.05, 4.69) is 15.9 Å². The highest BCUT2D eigenvalue weighted by atomic mass is 79.9.